The van der Waals surface area contributed by atoms with Crippen molar-refractivity contribution >= 4 is 39.0 Å². The van der Waals surface area contributed by atoms with E-state index in [0.29, 0.717) is 10.4 Å². The number of halogens is 4. The molecule has 14 heteroatoms. The molecule has 2 heterocycles. The van der Waals surface area contributed by atoms with Crippen LogP contribution >= 0.6 is 11.3 Å². The van der Waals surface area contributed by atoms with Crippen LogP contribution in [0.1, 0.15) is 16.0 Å². The Hall–Kier alpha value is -2.45. The number of aliphatic hydroxyl groups excluding tert-OH is 1. The molecule has 0 aliphatic heterocycles. The maximum atomic E-state index is 13.5. The van der Waals surface area contributed by atoms with Gasteiger partial charge in [-0.2, -0.15) is 13.2 Å². The molecule has 0 atom stereocenters. The number of amides is 2. The summed E-state index contributed by atoms with van der Waals surface area (Å²) in [6.07, 6.45) is -4.88. The Bertz CT molecular complexity index is 1010. The first kappa shape index (κ1) is 21.8. The highest BCUT2D eigenvalue weighted by Crippen LogP contribution is 2.34. The van der Waals surface area contributed by atoms with Gasteiger partial charge in [-0.3, -0.25) is 5.32 Å². The second-order valence-electron chi connectivity index (χ2n) is 5.46. The Morgan fingerprint density at radius 1 is 1.36 bits per heavy atom. The number of hydrogen-bond donors (Lipinski definition) is 4. The number of pyridine rings is 1. The molecule has 0 saturated heterocycles. The van der Waals surface area contributed by atoms with E-state index in [2.05, 4.69) is 4.98 Å². The molecule has 5 N–H and O–H groups in total. The van der Waals surface area contributed by atoms with E-state index in [1.54, 1.807) is 17.0 Å². The van der Waals surface area contributed by atoms with Crippen LogP contribution in [0.15, 0.2) is 16.3 Å². The first-order chi connectivity index (χ1) is 12.8. The minimum atomic E-state index is -5.10. The number of anilines is 2. The van der Waals surface area contributed by atoms with Crippen molar-refractivity contribution in [2.24, 2.45) is 0 Å². The molecule has 2 amide bonds. The minimum Gasteiger partial charge on any atom is -0.396 e. The van der Waals surface area contributed by atoms with Crippen molar-refractivity contribution in [1.29, 1.82) is 0 Å². The van der Waals surface area contributed by atoms with E-state index in [9.17, 15) is 30.8 Å². The molecule has 0 unspecified atom stereocenters. The number of alkyl halides is 3. The van der Waals surface area contributed by atoms with E-state index in [0.717, 1.165) is 11.3 Å². The lowest BCUT2D eigenvalue weighted by Crippen LogP contribution is -2.34. The number of sulfonamides is 1. The summed E-state index contributed by atoms with van der Waals surface area (Å²) in [6.45, 7) is 1.42. The van der Waals surface area contributed by atoms with Gasteiger partial charge in [-0.25, -0.2) is 27.3 Å². The van der Waals surface area contributed by atoms with Crippen LogP contribution < -0.4 is 15.8 Å². The fraction of sp³-hybridized carbons (Fsp3) is 0.286. The third kappa shape index (κ3) is 4.88. The number of nitrogens with one attached hydrogen (secondary N) is 2. The average Bonchev–Trinajstić information content (AvgIpc) is 2.91. The van der Waals surface area contributed by atoms with Crippen molar-refractivity contribution in [3.8, 4) is 0 Å². The van der Waals surface area contributed by atoms with Gasteiger partial charge in [0, 0.05) is 17.9 Å². The van der Waals surface area contributed by atoms with Gasteiger partial charge in [0.2, 0.25) is 0 Å². The standard InChI is InChI=1S/C14H14F4N4O4S2/c1-6-4-10(27-8(6)2-3-23)28(25,26)22-13(24)21-9-5-7(14(16,17)18)11(15)12(19)20-9/h4-5,23H,2-3H2,1H3,(H4,19,20,21,22,24). The monoisotopic (exact) mass is 442 g/mol. The zero-order valence-corrected chi connectivity index (χ0v) is 15.7. The van der Waals surface area contributed by atoms with Gasteiger partial charge >= 0.3 is 12.2 Å². The van der Waals surface area contributed by atoms with Crippen molar-refractivity contribution in [3.63, 3.8) is 0 Å². The smallest absolute Gasteiger partial charge is 0.396 e. The molecule has 8 nitrogen and oxygen atoms in total. The number of hydrogen-bond acceptors (Lipinski definition) is 7. The summed E-state index contributed by atoms with van der Waals surface area (Å²) < 4.78 is 77.7. The molecule has 0 bridgehead atoms. The largest absolute Gasteiger partial charge is 0.419 e. The minimum absolute atomic E-state index is 0.187. The number of thiophene rings is 1. The average molecular weight is 442 g/mol. The topological polar surface area (TPSA) is 134 Å². The summed E-state index contributed by atoms with van der Waals surface area (Å²) in [6, 6.07) is 0.0506. The van der Waals surface area contributed by atoms with Gasteiger partial charge in [-0.1, -0.05) is 0 Å². The first-order valence-electron chi connectivity index (χ1n) is 7.42. The highest BCUT2D eigenvalue weighted by atomic mass is 32.2. The quantitative estimate of drug-likeness (QED) is 0.525. The predicted molar refractivity (Wildman–Crippen MR) is 92.8 cm³/mol. The second kappa shape index (κ2) is 7.89. The number of nitrogen functional groups attached to an aromatic ring is 1. The molecule has 2 rings (SSSR count). The highest BCUT2D eigenvalue weighted by molar-refractivity contribution is 7.92. The normalized spacial score (nSPS) is 12.1. The van der Waals surface area contributed by atoms with Crippen LogP contribution in [0.2, 0.25) is 0 Å². The Morgan fingerprint density at radius 2 is 2.00 bits per heavy atom. The zero-order valence-electron chi connectivity index (χ0n) is 14.1. The molecule has 2 aromatic rings. The molecule has 0 saturated carbocycles. The van der Waals surface area contributed by atoms with Gasteiger partial charge < -0.3 is 10.8 Å². The lowest BCUT2D eigenvalue weighted by molar-refractivity contribution is -0.139. The highest BCUT2D eigenvalue weighted by Gasteiger charge is 2.36. The predicted octanol–water partition coefficient (Wildman–Crippen LogP) is 2.24. The van der Waals surface area contributed by atoms with E-state index >= 15 is 0 Å². The third-order valence-corrected chi connectivity index (χ3v) is 6.46. The number of urea groups is 1. The number of carbonyl (C=O) groups is 1. The van der Waals surface area contributed by atoms with E-state index in [1.165, 1.54) is 6.07 Å². The van der Waals surface area contributed by atoms with Crippen molar-refractivity contribution in [2.75, 3.05) is 17.7 Å². The molecule has 0 aliphatic carbocycles. The van der Waals surface area contributed by atoms with E-state index in [-0.39, 0.29) is 23.3 Å². The van der Waals surface area contributed by atoms with Crippen molar-refractivity contribution in [1.82, 2.24) is 9.71 Å². The van der Waals surface area contributed by atoms with E-state index in [4.69, 9.17) is 10.8 Å². The van der Waals surface area contributed by atoms with E-state index in [1.807, 2.05) is 0 Å². The molecule has 28 heavy (non-hydrogen) atoms. The molecule has 0 aromatic carbocycles. The van der Waals surface area contributed by atoms with Gasteiger partial charge in [0.1, 0.15) is 10.0 Å². The van der Waals surface area contributed by atoms with Crippen LogP contribution in [0.3, 0.4) is 0 Å². The number of aryl methyl sites for hydroxylation is 1. The molecule has 0 fully saturated rings. The zero-order chi connectivity index (χ0) is 21.3. The summed E-state index contributed by atoms with van der Waals surface area (Å²) in [5.41, 5.74) is 3.89. The number of nitrogens with zero attached hydrogens (tertiary/aromatic N) is 1. The van der Waals surface area contributed by atoms with Crippen molar-refractivity contribution in [2.45, 2.75) is 23.7 Å². The fourth-order valence-corrected chi connectivity index (χ4v) is 4.59. The van der Waals surface area contributed by atoms with Crippen molar-refractivity contribution < 1.29 is 35.9 Å². The second-order valence-corrected chi connectivity index (χ2v) is 8.50. The number of aliphatic hydroxyl groups is 1. The number of rotatable bonds is 5. The molecule has 154 valence electrons. The van der Waals surface area contributed by atoms with Gasteiger partial charge in [0.05, 0.1) is 5.56 Å². The Balaban J connectivity index is 2.22. The Morgan fingerprint density at radius 3 is 2.57 bits per heavy atom. The van der Waals surface area contributed by atoms with Crippen LogP contribution in [0.4, 0.5) is 34.0 Å². The van der Waals surface area contributed by atoms with Crippen LogP contribution in [-0.4, -0.2) is 31.1 Å². The van der Waals surface area contributed by atoms with Crippen LogP contribution in [-0.2, 0) is 22.6 Å². The maximum Gasteiger partial charge on any atom is 0.419 e. The van der Waals surface area contributed by atoms with E-state index < -0.39 is 45.2 Å². The summed E-state index contributed by atoms with van der Waals surface area (Å²) in [5, 5.41) is 10.7. The Kier molecular flexibility index (Phi) is 6.15. The van der Waals surface area contributed by atoms with Crippen molar-refractivity contribution in [3.05, 3.63) is 34.0 Å². The first-order valence-corrected chi connectivity index (χ1v) is 9.72. The number of nitrogens with two attached hydrogens (primary N) is 1. The molecule has 0 spiro atoms. The summed E-state index contributed by atoms with van der Waals surface area (Å²) in [5.74, 6) is -3.71. The molecule has 0 radical (unpaired) electrons. The Labute approximate surface area is 160 Å². The third-order valence-electron chi connectivity index (χ3n) is 3.36. The lowest BCUT2D eigenvalue weighted by atomic mass is 10.2. The lowest BCUT2D eigenvalue weighted by Gasteiger charge is -2.12. The van der Waals surface area contributed by atoms with Crippen LogP contribution in [0.5, 0.6) is 0 Å². The fourth-order valence-electron chi connectivity index (χ4n) is 2.10. The van der Waals surface area contributed by atoms with Gasteiger partial charge in [0.25, 0.3) is 10.0 Å². The van der Waals surface area contributed by atoms with Crippen LogP contribution in [0.25, 0.3) is 0 Å². The molecular formula is C14H14F4N4O4S2. The van der Waals surface area contributed by atoms with Crippen LogP contribution in [0, 0.1) is 12.7 Å². The summed E-state index contributed by atoms with van der Waals surface area (Å²) in [7, 11) is -4.34. The molecule has 0 aliphatic rings. The summed E-state index contributed by atoms with van der Waals surface area (Å²) in [4.78, 5) is 15.7. The summed E-state index contributed by atoms with van der Waals surface area (Å²) >= 11 is 0.825. The number of aromatic nitrogens is 1. The van der Waals surface area contributed by atoms with Gasteiger partial charge in [-0.15, -0.1) is 11.3 Å². The SMILES string of the molecule is Cc1cc(S(=O)(=O)NC(=O)Nc2cc(C(F)(F)F)c(F)c(N)n2)sc1CCO. The number of carbonyl (C=O) groups excluding carboxylic acids is 1. The van der Waals surface area contributed by atoms with Gasteiger partial charge in [-0.05, 0) is 24.6 Å². The molecular weight excluding hydrogens is 428 g/mol. The maximum absolute atomic E-state index is 13.5. The molecule has 2 aromatic heterocycles. The van der Waals surface area contributed by atoms with Gasteiger partial charge in [0.15, 0.2) is 11.6 Å².